The molecule has 6 nitrogen and oxygen atoms in total. The molecular formula is C22H21N3O3S. The van der Waals surface area contributed by atoms with Crippen LogP contribution in [0.25, 0.3) is 11.1 Å². The van der Waals surface area contributed by atoms with Crippen molar-refractivity contribution in [3.8, 4) is 11.1 Å². The second-order valence-corrected chi connectivity index (χ2v) is 9.07. The van der Waals surface area contributed by atoms with Crippen molar-refractivity contribution < 1.29 is 13.2 Å². The molecule has 2 aromatic carbocycles. The van der Waals surface area contributed by atoms with Gasteiger partial charge in [-0.25, -0.2) is 13.4 Å². The number of benzene rings is 2. The Morgan fingerprint density at radius 3 is 2.48 bits per heavy atom. The maximum absolute atomic E-state index is 12.6. The Morgan fingerprint density at radius 1 is 1.07 bits per heavy atom. The van der Waals surface area contributed by atoms with E-state index < -0.39 is 10.0 Å². The maximum Gasteiger partial charge on any atom is 0.256 e. The van der Waals surface area contributed by atoms with E-state index in [9.17, 15) is 13.2 Å². The zero-order chi connectivity index (χ0) is 20.6. The van der Waals surface area contributed by atoms with E-state index in [2.05, 4.69) is 10.3 Å². The molecule has 1 N–H and O–H groups in total. The molecule has 1 amide bonds. The van der Waals surface area contributed by atoms with Crippen molar-refractivity contribution in [1.29, 1.82) is 0 Å². The van der Waals surface area contributed by atoms with Crippen molar-refractivity contribution in [3.05, 3.63) is 78.0 Å². The molecule has 148 valence electrons. The quantitative estimate of drug-likeness (QED) is 0.715. The van der Waals surface area contributed by atoms with Crippen LogP contribution in [0.3, 0.4) is 0 Å². The molecular weight excluding hydrogens is 386 g/mol. The Kier molecular flexibility index (Phi) is 4.84. The lowest BCUT2D eigenvalue weighted by molar-refractivity contribution is 0.102. The molecule has 29 heavy (non-hydrogen) atoms. The fourth-order valence-corrected chi connectivity index (χ4v) is 4.97. The van der Waals surface area contributed by atoms with Crippen molar-refractivity contribution in [2.24, 2.45) is 0 Å². The Balaban J connectivity index is 1.52. The number of hydrogen-bond acceptors (Lipinski definition) is 4. The number of carbonyl (C=O) groups is 1. The van der Waals surface area contributed by atoms with Gasteiger partial charge in [-0.2, -0.15) is 0 Å². The molecule has 3 aromatic rings. The molecule has 0 saturated carbocycles. The largest absolute Gasteiger partial charge is 0.307 e. The van der Waals surface area contributed by atoms with Gasteiger partial charge in [0.05, 0.1) is 11.9 Å². The molecule has 1 aromatic heterocycles. The number of nitrogens with zero attached hydrogens (tertiary/aromatic N) is 2. The standard InChI is InChI=1S/C22H21N3O3S/c1-15-12-19-13-17(8-10-20(19)25(15)29(2,27)28)22(26)24-21-11-9-18(14-23-21)16-6-4-3-5-7-16/h3-11,13-15H,12H2,1-2H3,(H,23,24,26). The molecule has 7 heteroatoms. The second kappa shape index (κ2) is 7.33. The predicted octanol–water partition coefficient (Wildman–Crippen LogP) is 3.71. The Morgan fingerprint density at radius 2 is 1.83 bits per heavy atom. The highest BCUT2D eigenvalue weighted by Crippen LogP contribution is 2.34. The van der Waals surface area contributed by atoms with Crippen LogP contribution >= 0.6 is 0 Å². The van der Waals surface area contributed by atoms with Gasteiger partial charge in [-0.15, -0.1) is 0 Å². The van der Waals surface area contributed by atoms with Crippen LogP contribution in [0, 0.1) is 0 Å². The van der Waals surface area contributed by atoms with Gasteiger partial charge in [0.15, 0.2) is 0 Å². The zero-order valence-electron chi connectivity index (χ0n) is 16.2. The van der Waals surface area contributed by atoms with E-state index in [0.29, 0.717) is 23.5 Å². The number of amides is 1. The fraction of sp³-hybridized carbons (Fsp3) is 0.182. The van der Waals surface area contributed by atoms with Gasteiger partial charge in [-0.1, -0.05) is 30.3 Å². The number of hydrogen-bond donors (Lipinski definition) is 1. The van der Waals surface area contributed by atoms with Crippen molar-refractivity contribution in [3.63, 3.8) is 0 Å². The number of anilines is 2. The average molecular weight is 407 g/mol. The molecule has 0 fully saturated rings. The minimum absolute atomic E-state index is 0.162. The highest BCUT2D eigenvalue weighted by molar-refractivity contribution is 7.92. The van der Waals surface area contributed by atoms with Crippen LogP contribution in [0.2, 0.25) is 0 Å². The molecule has 1 aliphatic heterocycles. The first-order valence-electron chi connectivity index (χ1n) is 9.28. The number of nitrogens with one attached hydrogen (secondary N) is 1. The second-order valence-electron chi connectivity index (χ2n) is 7.21. The normalized spacial score (nSPS) is 15.8. The number of aromatic nitrogens is 1. The van der Waals surface area contributed by atoms with E-state index in [0.717, 1.165) is 16.7 Å². The van der Waals surface area contributed by atoms with Crippen LogP contribution in [0.15, 0.2) is 66.9 Å². The highest BCUT2D eigenvalue weighted by atomic mass is 32.2. The first-order valence-corrected chi connectivity index (χ1v) is 11.1. The van der Waals surface area contributed by atoms with Crippen LogP contribution in [0.1, 0.15) is 22.8 Å². The van der Waals surface area contributed by atoms with Crippen LogP contribution < -0.4 is 9.62 Å². The first-order chi connectivity index (χ1) is 13.8. The molecule has 2 heterocycles. The summed E-state index contributed by atoms with van der Waals surface area (Å²) in [5.41, 5.74) is 3.99. The van der Waals surface area contributed by atoms with E-state index >= 15 is 0 Å². The Hall–Kier alpha value is -3.19. The monoisotopic (exact) mass is 407 g/mol. The van der Waals surface area contributed by atoms with Gasteiger partial charge >= 0.3 is 0 Å². The van der Waals surface area contributed by atoms with Crippen molar-refractivity contribution in [2.75, 3.05) is 15.9 Å². The summed E-state index contributed by atoms with van der Waals surface area (Å²) in [5, 5.41) is 2.80. The van der Waals surface area contributed by atoms with Crippen LogP contribution in [0.4, 0.5) is 11.5 Å². The fourth-order valence-electron chi connectivity index (χ4n) is 3.71. The van der Waals surface area contributed by atoms with Crippen LogP contribution in [-0.2, 0) is 16.4 Å². The molecule has 4 rings (SSSR count). The lowest BCUT2D eigenvalue weighted by Crippen LogP contribution is -2.34. The SMILES string of the molecule is CC1Cc2cc(C(=O)Nc3ccc(-c4ccccc4)cn3)ccc2N1S(C)(=O)=O. The summed E-state index contributed by atoms with van der Waals surface area (Å²) < 4.78 is 25.5. The maximum atomic E-state index is 12.6. The van der Waals surface area contributed by atoms with E-state index in [1.54, 1.807) is 30.5 Å². The number of sulfonamides is 1. The summed E-state index contributed by atoms with van der Waals surface area (Å²) in [6, 6.07) is 18.5. The van der Waals surface area contributed by atoms with E-state index in [-0.39, 0.29) is 11.9 Å². The van der Waals surface area contributed by atoms with Crippen LogP contribution in [-0.4, -0.2) is 31.6 Å². The molecule has 0 saturated heterocycles. The van der Waals surface area contributed by atoms with Crippen molar-refractivity contribution in [2.45, 2.75) is 19.4 Å². The summed E-state index contributed by atoms with van der Waals surface area (Å²) in [5.74, 6) is 0.180. The third-order valence-corrected chi connectivity index (χ3v) is 6.24. The minimum atomic E-state index is -3.35. The zero-order valence-corrected chi connectivity index (χ0v) is 17.0. The molecule has 0 spiro atoms. The lowest BCUT2D eigenvalue weighted by Gasteiger charge is -2.21. The van der Waals surface area contributed by atoms with E-state index in [1.165, 1.54) is 10.6 Å². The third-order valence-electron chi connectivity index (χ3n) is 4.96. The topological polar surface area (TPSA) is 79.4 Å². The number of pyridine rings is 1. The predicted molar refractivity (Wildman–Crippen MR) is 115 cm³/mol. The van der Waals surface area contributed by atoms with Gasteiger partial charge in [0.1, 0.15) is 5.82 Å². The average Bonchev–Trinajstić information content (AvgIpc) is 3.04. The van der Waals surface area contributed by atoms with E-state index in [4.69, 9.17) is 0 Å². The first kappa shape index (κ1) is 19.1. The summed E-state index contributed by atoms with van der Waals surface area (Å²) in [6.07, 6.45) is 3.50. The molecule has 0 bridgehead atoms. The van der Waals surface area contributed by atoms with Gasteiger partial charge in [0.2, 0.25) is 10.0 Å². The Labute approximate surface area is 170 Å². The van der Waals surface area contributed by atoms with Gasteiger partial charge in [0, 0.05) is 23.4 Å². The van der Waals surface area contributed by atoms with Gasteiger partial charge in [-0.05, 0) is 54.8 Å². The third kappa shape index (κ3) is 3.86. The molecule has 1 atom stereocenters. The van der Waals surface area contributed by atoms with Gasteiger partial charge in [-0.3, -0.25) is 9.10 Å². The van der Waals surface area contributed by atoms with Crippen molar-refractivity contribution >= 4 is 27.4 Å². The molecule has 1 aliphatic rings. The molecule has 1 unspecified atom stereocenters. The number of rotatable bonds is 4. The minimum Gasteiger partial charge on any atom is -0.307 e. The number of fused-ring (bicyclic) bond motifs is 1. The summed E-state index contributed by atoms with van der Waals surface area (Å²) in [6.45, 7) is 1.86. The van der Waals surface area contributed by atoms with Crippen LogP contribution in [0.5, 0.6) is 0 Å². The number of carbonyl (C=O) groups excluding carboxylic acids is 1. The van der Waals surface area contributed by atoms with Gasteiger partial charge < -0.3 is 5.32 Å². The summed E-state index contributed by atoms with van der Waals surface area (Å²) in [4.78, 5) is 17.0. The lowest BCUT2D eigenvalue weighted by atomic mass is 10.1. The molecule has 0 aliphatic carbocycles. The molecule has 0 radical (unpaired) electrons. The smallest absolute Gasteiger partial charge is 0.256 e. The van der Waals surface area contributed by atoms with E-state index in [1.807, 2.05) is 43.3 Å². The Bertz CT molecular complexity index is 1160. The highest BCUT2D eigenvalue weighted by Gasteiger charge is 2.32. The van der Waals surface area contributed by atoms with Gasteiger partial charge in [0.25, 0.3) is 5.91 Å². The van der Waals surface area contributed by atoms with Crippen molar-refractivity contribution in [1.82, 2.24) is 4.98 Å². The summed E-state index contributed by atoms with van der Waals surface area (Å²) in [7, 11) is -3.35. The summed E-state index contributed by atoms with van der Waals surface area (Å²) >= 11 is 0.